The lowest BCUT2D eigenvalue weighted by atomic mass is 9.83. The Bertz CT molecular complexity index is 3170. The quantitative estimate of drug-likeness (QED) is 0.0642. The fourth-order valence-corrected chi connectivity index (χ4v) is 11.4. The first-order valence-electron chi connectivity index (χ1n) is 29.0. The standard InChI is InChI=1S/C64H80N10O8/c1-40(71(8)62(80)82-64(5,6)7)56(75)69-54(63(2,3)4)60(79)73-39-44-36-47(33-30-43(44)37-52(73)58(77)68-50-26-19-21-41-20-11-14-24-48(41)50)81-35-18-10-17-34-65-57(76)42-28-31-45(32-29-42)67-61-66-38-53-55(70-61)74(46-22-12-13-23-46)51-27-16-15-25-49(51)59(78)72(53)9/h11,14-16,20,24-25,27-33,36,38,40,46,50,52,54H,10,12-13,17-19,21-23,26,34-35,37,39H2,1-9H3,(H,65,76)(H,68,77)(H,69,75)(H,66,67,70)/t40-,50+,52-,54+/m0/s1. The van der Waals surface area contributed by atoms with E-state index in [1.54, 1.807) is 62.9 Å². The number of amides is 6. The summed E-state index contributed by atoms with van der Waals surface area (Å²) in [4.78, 5) is 99.6. The predicted molar refractivity (Wildman–Crippen MR) is 317 cm³/mol. The second-order valence-corrected chi connectivity index (χ2v) is 24.3. The van der Waals surface area contributed by atoms with Crippen molar-refractivity contribution in [2.24, 2.45) is 5.41 Å². The number of ether oxygens (including phenoxy) is 2. The summed E-state index contributed by atoms with van der Waals surface area (Å²) in [7, 11) is 3.25. The average molecular weight is 1120 g/mol. The number of anilines is 5. The second kappa shape index (κ2) is 25.0. The van der Waals surface area contributed by atoms with E-state index in [-0.39, 0.29) is 42.8 Å². The molecule has 0 bridgehead atoms. The minimum Gasteiger partial charge on any atom is -0.494 e. The van der Waals surface area contributed by atoms with Crippen molar-refractivity contribution >= 4 is 64.5 Å². The van der Waals surface area contributed by atoms with Crippen LogP contribution in [0.3, 0.4) is 0 Å². The Kier molecular flexibility index (Phi) is 17.9. The third-order valence-corrected chi connectivity index (χ3v) is 16.1. The van der Waals surface area contributed by atoms with Crippen LogP contribution >= 0.6 is 0 Å². The highest BCUT2D eigenvalue weighted by Crippen LogP contribution is 2.44. The van der Waals surface area contributed by atoms with E-state index in [1.165, 1.54) is 17.5 Å². The molecule has 1 aromatic heterocycles. The van der Waals surface area contributed by atoms with Gasteiger partial charge in [-0.1, -0.05) is 76.1 Å². The molecule has 5 aromatic rings. The van der Waals surface area contributed by atoms with Crippen molar-refractivity contribution in [1.82, 2.24) is 35.7 Å². The Labute approximate surface area is 482 Å². The number of hydrogen-bond donors (Lipinski definition) is 4. The summed E-state index contributed by atoms with van der Waals surface area (Å²) >= 11 is 0. The van der Waals surface area contributed by atoms with Crippen molar-refractivity contribution in [1.29, 1.82) is 0 Å². The Morgan fingerprint density at radius 2 is 1.55 bits per heavy atom. The zero-order chi connectivity index (χ0) is 58.5. The van der Waals surface area contributed by atoms with Crippen LogP contribution in [0.2, 0.25) is 0 Å². The second-order valence-electron chi connectivity index (χ2n) is 24.3. The van der Waals surface area contributed by atoms with Gasteiger partial charge in [-0.05, 0) is 155 Å². The molecule has 1 fully saturated rings. The highest BCUT2D eigenvalue weighted by atomic mass is 16.6. The molecule has 4 atom stereocenters. The number of aromatic nitrogens is 2. The summed E-state index contributed by atoms with van der Waals surface area (Å²) < 4.78 is 11.8. The van der Waals surface area contributed by atoms with Crippen LogP contribution in [-0.4, -0.2) is 112 Å². The first-order chi connectivity index (χ1) is 39.1. The van der Waals surface area contributed by atoms with Crippen LogP contribution in [0.4, 0.5) is 33.6 Å². The molecule has 0 saturated heterocycles. The van der Waals surface area contributed by atoms with E-state index >= 15 is 4.79 Å². The largest absolute Gasteiger partial charge is 0.494 e. The van der Waals surface area contributed by atoms with Crippen LogP contribution in [0.25, 0.3) is 0 Å². The van der Waals surface area contributed by atoms with Gasteiger partial charge in [0.2, 0.25) is 23.7 Å². The Balaban J connectivity index is 0.794. The highest BCUT2D eigenvalue weighted by Gasteiger charge is 2.44. The maximum absolute atomic E-state index is 15.1. The molecule has 18 nitrogen and oxygen atoms in total. The lowest BCUT2D eigenvalue weighted by Gasteiger charge is -2.42. The summed E-state index contributed by atoms with van der Waals surface area (Å²) in [6.07, 6.45) is 10.5. The number of aryl methyl sites for hydroxylation is 1. The number of para-hydroxylation sites is 1. The smallest absolute Gasteiger partial charge is 0.410 e. The monoisotopic (exact) mass is 1120 g/mol. The zero-order valence-electron chi connectivity index (χ0n) is 49.0. The summed E-state index contributed by atoms with van der Waals surface area (Å²) in [5.74, 6) is 0.216. The number of nitrogens with zero attached hydrogens (tertiary/aromatic N) is 6. The SMILES string of the molecule is C[C@@H](C(=O)N[C@H](C(=O)N1Cc2cc(OCCCCCNC(=O)c3ccc(Nc4ncc5c(n4)N(C4CCCC4)c4ccccc4C(=O)N5C)cc3)ccc2C[C@H]1C(=O)N[C@@H]1CCCc2ccccc21)C(C)(C)C)N(C)C(=O)OC(C)(C)C. The molecule has 1 saturated carbocycles. The van der Waals surface area contributed by atoms with Gasteiger partial charge in [-0.2, -0.15) is 4.98 Å². The van der Waals surface area contributed by atoms with Crippen molar-refractivity contribution in [3.8, 4) is 5.75 Å². The van der Waals surface area contributed by atoms with Gasteiger partial charge in [0.15, 0.2) is 5.82 Å². The van der Waals surface area contributed by atoms with Gasteiger partial charge in [0.1, 0.15) is 35.2 Å². The number of benzene rings is 4. The van der Waals surface area contributed by atoms with Crippen LogP contribution in [0.5, 0.6) is 5.75 Å². The molecule has 3 heterocycles. The number of unbranched alkanes of at least 4 members (excludes halogenated alkanes) is 2. The molecule has 4 N–H and O–H groups in total. The molecule has 2 aliphatic heterocycles. The first kappa shape index (κ1) is 58.6. The summed E-state index contributed by atoms with van der Waals surface area (Å²) in [5, 5.41) is 12.6. The lowest BCUT2D eigenvalue weighted by molar-refractivity contribution is -0.147. The number of fused-ring (bicyclic) bond motifs is 4. The highest BCUT2D eigenvalue weighted by molar-refractivity contribution is 6.13. The fourth-order valence-electron chi connectivity index (χ4n) is 11.4. The number of nitrogens with one attached hydrogen (secondary N) is 4. The van der Waals surface area contributed by atoms with Gasteiger partial charge >= 0.3 is 6.09 Å². The fraction of sp³-hybridized carbons (Fsp3) is 0.469. The summed E-state index contributed by atoms with van der Waals surface area (Å²) in [6.45, 7) is 13.5. The third kappa shape index (κ3) is 13.5. The van der Waals surface area contributed by atoms with Gasteiger partial charge in [-0.15, -0.1) is 0 Å². The van der Waals surface area contributed by atoms with E-state index in [9.17, 15) is 24.0 Å². The molecular formula is C64H80N10O8. The van der Waals surface area contributed by atoms with E-state index in [2.05, 4.69) is 43.3 Å². The zero-order valence-corrected chi connectivity index (χ0v) is 49.0. The molecule has 82 heavy (non-hydrogen) atoms. The van der Waals surface area contributed by atoms with Crippen LogP contribution in [0, 0.1) is 5.41 Å². The van der Waals surface area contributed by atoms with Crippen molar-refractivity contribution in [2.45, 2.75) is 161 Å². The number of carbonyl (C=O) groups is 6. The molecule has 2 aliphatic carbocycles. The Morgan fingerprint density at radius 1 is 0.817 bits per heavy atom. The van der Waals surface area contributed by atoms with E-state index < -0.39 is 47.0 Å². The van der Waals surface area contributed by atoms with E-state index in [4.69, 9.17) is 14.5 Å². The Morgan fingerprint density at radius 3 is 2.29 bits per heavy atom. The number of rotatable bonds is 17. The minimum atomic E-state index is -1.05. The van der Waals surface area contributed by atoms with Gasteiger partial charge in [0.05, 0.1) is 30.1 Å². The van der Waals surface area contributed by atoms with Gasteiger partial charge < -0.3 is 45.4 Å². The maximum atomic E-state index is 15.1. The predicted octanol–water partition coefficient (Wildman–Crippen LogP) is 10.1. The molecule has 4 aliphatic rings. The molecule has 6 amide bonds. The average Bonchev–Trinajstić information content (AvgIpc) is 4.19. The molecule has 434 valence electrons. The van der Waals surface area contributed by atoms with E-state index in [0.29, 0.717) is 53.2 Å². The molecule has 4 aromatic carbocycles. The summed E-state index contributed by atoms with van der Waals surface area (Å²) in [6, 6.07) is 26.0. The van der Waals surface area contributed by atoms with Gasteiger partial charge in [0, 0.05) is 50.9 Å². The van der Waals surface area contributed by atoms with Crippen LogP contribution in [0.15, 0.2) is 97.2 Å². The maximum Gasteiger partial charge on any atom is 0.410 e. The number of likely N-dealkylation sites (N-methyl/N-ethyl adjacent to an activating group) is 1. The topological polar surface area (TPSA) is 208 Å². The van der Waals surface area contributed by atoms with Gasteiger partial charge in [0.25, 0.3) is 11.8 Å². The number of hydrogen-bond acceptors (Lipinski definition) is 12. The van der Waals surface area contributed by atoms with Crippen molar-refractivity contribution in [3.63, 3.8) is 0 Å². The van der Waals surface area contributed by atoms with E-state index in [0.717, 1.165) is 86.6 Å². The number of carbonyl (C=O) groups excluding carboxylic acids is 6. The van der Waals surface area contributed by atoms with Gasteiger partial charge in [-0.25, -0.2) is 9.78 Å². The minimum absolute atomic E-state index is 0.102. The molecule has 18 heteroatoms. The molecular weight excluding hydrogens is 1040 g/mol. The first-order valence-corrected chi connectivity index (χ1v) is 29.0. The van der Waals surface area contributed by atoms with Gasteiger partial charge in [-0.3, -0.25) is 28.9 Å². The molecule has 0 unspecified atom stereocenters. The van der Waals surface area contributed by atoms with Crippen LogP contribution in [0.1, 0.15) is 155 Å². The molecule has 0 radical (unpaired) electrons. The van der Waals surface area contributed by atoms with Crippen molar-refractivity contribution < 1.29 is 38.2 Å². The Hall–Kier alpha value is -8.02. The normalized spacial score (nSPS) is 17.7. The van der Waals surface area contributed by atoms with Crippen LogP contribution in [-0.2, 0) is 38.5 Å². The third-order valence-electron chi connectivity index (χ3n) is 16.1. The molecule has 9 rings (SSSR count). The van der Waals surface area contributed by atoms with Crippen molar-refractivity contribution in [2.75, 3.05) is 42.4 Å². The summed E-state index contributed by atoms with van der Waals surface area (Å²) in [5.41, 5.74) is 5.87. The van der Waals surface area contributed by atoms with Crippen LogP contribution < -0.4 is 35.8 Å². The van der Waals surface area contributed by atoms with Crippen molar-refractivity contribution in [3.05, 3.63) is 131 Å². The van der Waals surface area contributed by atoms with E-state index in [1.807, 2.05) is 87.5 Å². The lowest BCUT2D eigenvalue weighted by Crippen LogP contribution is -2.62. The molecule has 0 spiro atoms.